The lowest BCUT2D eigenvalue weighted by atomic mass is 10.1. The predicted octanol–water partition coefficient (Wildman–Crippen LogP) is 4.80. The number of halogens is 2. The Hall–Kier alpha value is -3.79. The SMILES string of the molecule is CC[C@@H](C)NC(=O)[C@@H](C)N(Cc1ccc(F)cc1)C(=O)CN(c1ccc(F)cc1)S(=O)(=O)c1ccc(C)cc1. The molecule has 0 aliphatic heterocycles. The minimum atomic E-state index is -4.25. The first-order valence-electron chi connectivity index (χ1n) is 12.6. The van der Waals surface area contributed by atoms with Crippen LogP contribution in [0.5, 0.6) is 0 Å². The second-order valence-electron chi connectivity index (χ2n) is 9.44. The Morgan fingerprint density at radius 3 is 1.95 bits per heavy atom. The van der Waals surface area contributed by atoms with Crippen LogP contribution in [0.1, 0.15) is 38.3 Å². The van der Waals surface area contributed by atoms with Crippen molar-refractivity contribution in [2.24, 2.45) is 0 Å². The molecule has 0 unspecified atom stereocenters. The molecule has 7 nitrogen and oxygen atoms in total. The van der Waals surface area contributed by atoms with E-state index in [2.05, 4.69) is 5.32 Å². The van der Waals surface area contributed by atoms with Crippen molar-refractivity contribution in [2.75, 3.05) is 10.8 Å². The van der Waals surface area contributed by atoms with Crippen molar-refractivity contribution in [2.45, 2.75) is 57.6 Å². The maximum absolute atomic E-state index is 13.8. The second-order valence-corrected chi connectivity index (χ2v) is 11.3. The highest BCUT2D eigenvalue weighted by molar-refractivity contribution is 7.92. The van der Waals surface area contributed by atoms with E-state index in [1.807, 2.05) is 20.8 Å². The fourth-order valence-corrected chi connectivity index (χ4v) is 5.22. The quantitative estimate of drug-likeness (QED) is 0.367. The largest absolute Gasteiger partial charge is 0.352 e. The molecule has 0 fully saturated rings. The molecule has 0 aromatic heterocycles. The minimum Gasteiger partial charge on any atom is -0.352 e. The smallest absolute Gasteiger partial charge is 0.264 e. The van der Waals surface area contributed by atoms with E-state index in [9.17, 15) is 26.8 Å². The first-order valence-corrected chi connectivity index (χ1v) is 14.1. The molecule has 1 N–H and O–H groups in total. The molecule has 10 heteroatoms. The number of nitrogens with zero attached hydrogens (tertiary/aromatic N) is 2. The summed E-state index contributed by atoms with van der Waals surface area (Å²) in [6.07, 6.45) is 0.678. The molecule has 3 aromatic rings. The molecular weight excluding hydrogens is 524 g/mol. The lowest BCUT2D eigenvalue weighted by Gasteiger charge is -2.32. The average molecular weight is 558 g/mol. The maximum atomic E-state index is 13.8. The van der Waals surface area contributed by atoms with Crippen LogP contribution in [0.15, 0.2) is 77.7 Å². The Morgan fingerprint density at radius 1 is 0.872 bits per heavy atom. The summed E-state index contributed by atoms with van der Waals surface area (Å²) in [5, 5.41) is 2.85. The van der Waals surface area contributed by atoms with Crippen LogP contribution in [-0.4, -0.2) is 43.8 Å². The number of anilines is 1. The van der Waals surface area contributed by atoms with Gasteiger partial charge >= 0.3 is 0 Å². The molecule has 0 radical (unpaired) electrons. The van der Waals surface area contributed by atoms with Gasteiger partial charge in [-0.3, -0.25) is 13.9 Å². The second kappa shape index (κ2) is 12.8. The topological polar surface area (TPSA) is 86.8 Å². The number of amides is 2. The number of hydrogen-bond acceptors (Lipinski definition) is 4. The van der Waals surface area contributed by atoms with Gasteiger partial charge in [0.05, 0.1) is 10.6 Å². The Bertz CT molecular complexity index is 1380. The van der Waals surface area contributed by atoms with Crippen molar-refractivity contribution in [3.63, 3.8) is 0 Å². The van der Waals surface area contributed by atoms with Gasteiger partial charge < -0.3 is 10.2 Å². The fraction of sp³-hybridized carbons (Fsp3) is 0.310. The zero-order valence-corrected chi connectivity index (χ0v) is 23.2. The van der Waals surface area contributed by atoms with Crippen LogP contribution in [0, 0.1) is 18.6 Å². The minimum absolute atomic E-state index is 0.0436. The molecule has 0 saturated heterocycles. The van der Waals surface area contributed by atoms with E-state index in [1.165, 1.54) is 53.4 Å². The Kier molecular flexibility index (Phi) is 9.80. The number of nitrogens with one attached hydrogen (secondary N) is 1. The van der Waals surface area contributed by atoms with E-state index >= 15 is 0 Å². The molecule has 0 spiro atoms. The van der Waals surface area contributed by atoms with Crippen LogP contribution in [0.2, 0.25) is 0 Å². The third-order valence-electron chi connectivity index (χ3n) is 6.44. The fourth-order valence-electron chi connectivity index (χ4n) is 3.81. The summed E-state index contributed by atoms with van der Waals surface area (Å²) in [4.78, 5) is 28.0. The van der Waals surface area contributed by atoms with Gasteiger partial charge in [0.25, 0.3) is 10.0 Å². The monoisotopic (exact) mass is 557 g/mol. The van der Waals surface area contributed by atoms with Gasteiger partial charge in [-0.15, -0.1) is 0 Å². The van der Waals surface area contributed by atoms with Crippen LogP contribution in [0.4, 0.5) is 14.5 Å². The lowest BCUT2D eigenvalue weighted by Crippen LogP contribution is -2.52. The summed E-state index contributed by atoms with van der Waals surface area (Å²) in [5.41, 5.74) is 1.50. The number of aryl methyl sites for hydroxylation is 1. The number of benzene rings is 3. The van der Waals surface area contributed by atoms with Crippen LogP contribution >= 0.6 is 0 Å². The molecule has 0 bridgehead atoms. The molecule has 2 amide bonds. The Morgan fingerprint density at radius 2 is 1.41 bits per heavy atom. The van der Waals surface area contributed by atoms with Gasteiger partial charge in [-0.25, -0.2) is 17.2 Å². The van der Waals surface area contributed by atoms with Gasteiger partial charge in [0.15, 0.2) is 0 Å². The zero-order valence-electron chi connectivity index (χ0n) is 22.4. The molecule has 208 valence electrons. The third kappa shape index (κ3) is 7.63. The van der Waals surface area contributed by atoms with E-state index in [1.54, 1.807) is 19.1 Å². The van der Waals surface area contributed by atoms with Gasteiger partial charge in [0.2, 0.25) is 11.8 Å². The molecule has 3 aromatic carbocycles. The normalized spacial score (nSPS) is 12.9. The summed E-state index contributed by atoms with van der Waals surface area (Å²) >= 11 is 0. The van der Waals surface area contributed by atoms with E-state index in [4.69, 9.17) is 0 Å². The molecular formula is C29H33F2N3O4S. The summed E-state index contributed by atoms with van der Waals surface area (Å²) < 4.78 is 55.5. The number of carbonyl (C=O) groups excluding carboxylic acids is 2. The summed E-state index contributed by atoms with van der Waals surface area (Å²) in [6.45, 7) is 6.40. The molecule has 2 atom stereocenters. The van der Waals surface area contributed by atoms with Crippen LogP contribution < -0.4 is 9.62 Å². The van der Waals surface area contributed by atoms with E-state index < -0.39 is 46.1 Å². The van der Waals surface area contributed by atoms with Crippen molar-refractivity contribution in [1.82, 2.24) is 10.2 Å². The van der Waals surface area contributed by atoms with Gasteiger partial charge in [0, 0.05) is 12.6 Å². The number of carbonyl (C=O) groups is 2. The predicted molar refractivity (Wildman–Crippen MR) is 146 cm³/mol. The molecule has 0 aliphatic rings. The van der Waals surface area contributed by atoms with Crippen LogP contribution in [0.3, 0.4) is 0 Å². The van der Waals surface area contributed by atoms with Crippen LogP contribution in [-0.2, 0) is 26.2 Å². The first kappa shape index (κ1) is 29.8. The van der Waals surface area contributed by atoms with Crippen LogP contribution in [0.25, 0.3) is 0 Å². The average Bonchev–Trinajstić information content (AvgIpc) is 2.91. The van der Waals surface area contributed by atoms with E-state index in [0.29, 0.717) is 12.0 Å². The number of hydrogen-bond donors (Lipinski definition) is 1. The van der Waals surface area contributed by atoms with Crippen molar-refractivity contribution in [3.8, 4) is 0 Å². The molecule has 0 heterocycles. The first-order chi connectivity index (χ1) is 18.4. The summed E-state index contributed by atoms with van der Waals surface area (Å²) in [5.74, 6) is -2.09. The van der Waals surface area contributed by atoms with Gasteiger partial charge in [-0.1, -0.05) is 36.8 Å². The third-order valence-corrected chi connectivity index (χ3v) is 8.23. The summed E-state index contributed by atoms with van der Waals surface area (Å²) in [7, 11) is -4.25. The van der Waals surface area contributed by atoms with E-state index in [-0.39, 0.29) is 23.2 Å². The van der Waals surface area contributed by atoms with Crippen molar-refractivity contribution in [3.05, 3.63) is 95.6 Å². The van der Waals surface area contributed by atoms with Gasteiger partial charge in [0.1, 0.15) is 24.2 Å². The molecule has 0 saturated carbocycles. The maximum Gasteiger partial charge on any atom is 0.264 e. The summed E-state index contributed by atoms with van der Waals surface area (Å²) in [6, 6.07) is 15.3. The Balaban J connectivity index is 2.01. The molecule has 0 aliphatic carbocycles. The standard InChI is InChI=1S/C29H33F2N3O4S/c1-5-21(3)32-29(36)22(4)33(18-23-8-10-24(30)11-9-23)28(35)19-34(26-14-12-25(31)13-15-26)39(37,38)27-16-6-20(2)7-17-27/h6-17,21-22H,5,18-19H2,1-4H3,(H,32,36)/t21-,22-/m1/s1. The Labute approximate surface area is 228 Å². The van der Waals surface area contributed by atoms with Crippen molar-refractivity contribution < 1.29 is 26.8 Å². The number of sulfonamides is 1. The highest BCUT2D eigenvalue weighted by Crippen LogP contribution is 2.25. The molecule has 3 rings (SSSR count). The highest BCUT2D eigenvalue weighted by atomic mass is 32.2. The zero-order chi connectivity index (χ0) is 28.7. The number of rotatable bonds is 11. The molecule has 39 heavy (non-hydrogen) atoms. The van der Waals surface area contributed by atoms with Gasteiger partial charge in [-0.2, -0.15) is 0 Å². The van der Waals surface area contributed by atoms with Gasteiger partial charge in [-0.05, 0) is 81.3 Å². The van der Waals surface area contributed by atoms with E-state index in [0.717, 1.165) is 22.0 Å². The lowest BCUT2D eigenvalue weighted by molar-refractivity contribution is -0.139. The van der Waals surface area contributed by atoms with Crippen molar-refractivity contribution in [1.29, 1.82) is 0 Å². The highest BCUT2D eigenvalue weighted by Gasteiger charge is 2.32. The van der Waals surface area contributed by atoms with Crippen molar-refractivity contribution >= 4 is 27.5 Å².